The molecule has 17 heteroatoms. The number of hydrogen-bond donors (Lipinski definition) is 2. The number of aromatic nitrogens is 9. The van der Waals surface area contributed by atoms with E-state index < -0.39 is 35.1 Å². The minimum atomic E-state index is -1.14. The zero-order valence-corrected chi connectivity index (χ0v) is 37.0. The molecular formula is C49H48F2N10O5. The third-order valence-corrected chi connectivity index (χ3v) is 15.8. The molecule has 13 rings (SSSR count). The molecule has 4 fully saturated rings. The topological polar surface area (TPSA) is 159 Å². The molecule has 3 aromatic carbocycles. The molecule has 6 atom stereocenters. The number of rotatable bonds is 8. The van der Waals surface area contributed by atoms with Gasteiger partial charge in [-0.3, -0.25) is 28.2 Å². The summed E-state index contributed by atoms with van der Waals surface area (Å²) in [5, 5.41) is 28.1. The molecule has 2 bridgehead atoms. The number of aliphatic hydroxyl groups excluding tert-OH is 1. The minimum Gasteiger partial charge on any atom is -0.375 e. The molecule has 8 aromatic rings. The molecule has 15 nitrogen and oxygen atoms in total. The molecule has 5 aliphatic rings. The number of nitrogens with one attached hydrogen (secondary N) is 1. The second-order valence-electron chi connectivity index (χ2n) is 19.6. The van der Waals surface area contributed by atoms with Gasteiger partial charge < -0.3 is 14.4 Å². The highest BCUT2D eigenvalue weighted by atomic mass is 19.1. The summed E-state index contributed by atoms with van der Waals surface area (Å²) in [6.07, 6.45) is 10.1. The predicted octanol–water partition coefficient (Wildman–Crippen LogP) is 7.19. The summed E-state index contributed by atoms with van der Waals surface area (Å²) >= 11 is 0. The van der Waals surface area contributed by atoms with E-state index >= 15 is 8.78 Å². The van der Waals surface area contributed by atoms with Crippen LogP contribution >= 0.6 is 0 Å². The molecule has 1 spiro atoms. The number of aryl methyl sites for hydroxylation is 3. The molecule has 2 aliphatic carbocycles. The van der Waals surface area contributed by atoms with Crippen LogP contribution in [0, 0.1) is 31.4 Å². The maximum Gasteiger partial charge on any atom is 0.438 e. The van der Waals surface area contributed by atoms with E-state index in [1.54, 1.807) is 66.9 Å². The van der Waals surface area contributed by atoms with E-state index in [9.17, 15) is 14.7 Å². The second kappa shape index (κ2) is 13.8. The number of aromatic amines is 1. The summed E-state index contributed by atoms with van der Waals surface area (Å²) in [6.45, 7) is 6.25. The van der Waals surface area contributed by atoms with E-state index in [2.05, 4.69) is 55.9 Å². The van der Waals surface area contributed by atoms with Crippen molar-refractivity contribution in [3.8, 4) is 17.2 Å². The van der Waals surface area contributed by atoms with E-state index in [-0.39, 0.29) is 34.5 Å². The molecule has 0 radical (unpaired) electrons. The van der Waals surface area contributed by atoms with Crippen molar-refractivity contribution < 1.29 is 23.1 Å². The van der Waals surface area contributed by atoms with Gasteiger partial charge in [0.15, 0.2) is 11.6 Å². The standard InChI is InChI=1S/C49H48F2N10O5/c1-25-17-32(18-26(2)41(25)50)61-43(58-15-14-57(47(58)64)38-10-9-36-33(42(38)51)24-52-56(36)4)40-34(54-61)21-31-6-8-37(40)59(31)44(62)39-20-30-19-28(29-11-16-65-48(23-29)12-13-48)5-7-35(30)60(39)49(22-27(49)3)45-53-46(63)66-55-45/h5,7,9-10,14-15,17-20,24,27,29,31,37,44,62H,6,8,11-13,16,21-23H2,1-4H3,(H,53,55,63)/t27-,29-,31-,37+,44?,49+/m0/s1. The summed E-state index contributed by atoms with van der Waals surface area (Å²) < 4.78 is 50.9. The normalized spacial score (nSPS) is 24.8. The molecule has 3 aliphatic heterocycles. The van der Waals surface area contributed by atoms with Gasteiger partial charge in [-0.25, -0.2) is 23.1 Å². The monoisotopic (exact) mass is 894 g/mol. The van der Waals surface area contributed by atoms with E-state index in [0.29, 0.717) is 64.8 Å². The van der Waals surface area contributed by atoms with Gasteiger partial charge in [-0.15, -0.1) is 0 Å². The Morgan fingerprint density at radius 2 is 1.71 bits per heavy atom. The van der Waals surface area contributed by atoms with Crippen molar-refractivity contribution in [2.75, 3.05) is 6.61 Å². The van der Waals surface area contributed by atoms with Crippen molar-refractivity contribution in [2.45, 2.75) is 108 Å². The zero-order chi connectivity index (χ0) is 45.1. The Morgan fingerprint density at radius 1 is 0.939 bits per heavy atom. The lowest BCUT2D eigenvalue weighted by atomic mass is 9.87. The second-order valence-corrected chi connectivity index (χ2v) is 19.6. The largest absolute Gasteiger partial charge is 0.438 e. The van der Waals surface area contributed by atoms with Crippen LogP contribution in [0.15, 0.2) is 81.2 Å². The van der Waals surface area contributed by atoms with E-state index in [1.165, 1.54) is 20.9 Å². The zero-order valence-electron chi connectivity index (χ0n) is 37.0. The molecule has 0 amide bonds. The SMILES string of the molecule is Cc1cc(-n2nc3c(c2-n2ccn(-c4ccc5c(cnn5C)c4F)c2=O)[C@H]2CC[C@@H](C3)N2C(O)c2cc3cc([C@H]4CCOC5(CC5)C4)ccc3n2[C@]2(c3noc(=O)[nH]3)C[C@@H]2C)cc(C)c1F. The number of aliphatic hydroxyl groups is 1. The Morgan fingerprint density at radius 3 is 2.45 bits per heavy atom. The number of imidazole rings is 1. The van der Waals surface area contributed by atoms with Gasteiger partial charge in [0.2, 0.25) is 0 Å². The maximum atomic E-state index is 16.2. The van der Waals surface area contributed by atoms with Gasteiger partial charge in [0.1, 0.15) is 23.4 Å². The van der Waals surface area contributed by atoms with Crippen LogP contribution in [0.3, 0.4) is 0 Å². The van der Waals surface area contributed by atoms with Crippen LogP contribution in [-0.2, 0) is 23.7 Å². The molecule has 66 heavy (non-hydrogen) atoms. The van der Waals surface area contributed by atoms with Crippen LogP contribution in [0.4, 0.5) is 8.78 Å². The van der Waals surface area contributed by atoms with Gasteiger partial charge in [0.05, 0.1) is 45.5 Å². The average molecular weight is 895 g/mol. The average Bonchev–Trinajstić information content (AvgIpc) is 3.70. The first-order valence-electron chi connectivity index (χ1n) is 23.0. The number of H-pyrrole nitrogens is 1. The van der Waals surface area contributed by atoms with Crippen molar-refractivity contribution in [1.29, 1.82) is 0 Å². The molecular weight excluding hydrogens is 847 g/mol. The fourth-order valence-corrected chi connectivity index (χ4v) is 12.2. The van der Waals surface area contributed by atoms with E-state index in [0.717, 1.165) is 60.9 Å². The van der Waals surface area contributed by atoms with Gasteiger partial charge in [-0.1, -0.05) is 18.1 Å². The third-order valence-electron chi connectivity index (χ3n) is 15.8. The van der Waals surface area contributed by atoms with Crippen LogP contribution in [-0.4, -0.2) is 71.7 Å². The van der Waals surface area contributed by atoms with Crippen LogP contribution < -0.4 is 11.4 Å². The highest BCUT2D eigenvalue weighted by Gasteiger charge is 2.60. The molecule has 8 heterocycles. The highest BCUT2D eigenvalue weighted by molar-refractivity contribution is 5.84. The first kappa shape index (κ1) is 39.9. The Labute approximate surface area is 375 Å². The molecule has 2 saturated carbocycles. The number of halogens is 2. The lowest BCUT2D eigenvalue weighted by Gasteiger charge is -2.39. The molecule has 338 valence electrons. The lowest BCUT2D eigenvalue weighted by Crippen LogP contribution is -2.42. The summed E-state index contributed by atoms with van der Waals surface area (Å²) in [6, 6.07) is 14.9. The van der Waals surface area contributed by atoms with Crippen molar-refractivity contribution in [1.82, 2.24) is 48.3 Å². The lowest BCUT2D eigenvalue weighted by molar-refractivity contribution is -0.0441. The van der Waals surface area contributed by atoms with Crippen LogP contribution in [0.5, 0.6) is 0 Å². The Hall–Kier alpha value is -6.43. The first-order chi connectivity index (χ1) is 31.8. The van der Waals surface area contributed by atoms with Gasteiger partial charge in [-0.2, -0.15) is 10.2 Å². The Balaban J connectivity index is 0.967. The smallest absolute Gasteiger partial charge is 0.375 e. The minimum absolute atomic E-state index is 0.00297. The van der Waals surface area contributed by atoms with Crippen LogP contribution in [0.1, 0.15) is 110 Å². The fourth-order valence-electron chi connectivity index (χ4n) is 12.2. The van der Waals surface area contributed by atoms with Crippen LogP contribution in [0.2, 0.25) is 0 Å². The third kappa shape index (κ3) is 5.59. The van der Waals surface area contributed by atoms with Crippen molar-refractivity contribution in [3.63, 3.8) is 0 Å². The maximum absolute atomic E-state index is 16.2. The van der Waals surface area contributed by atoms with Crippen molar-refractivity contribution >= 4 is 21.8 Å². The van der Waals surface area contributed by atoms with Crippen molar-refractivity contribution in [2.24, 2.45) is 13.0 Å². The van der Waals surface area contributed by atoms with E-state index in [4.69, 9.17) is 14.4 Å². The number of nitrogens with zero attached hydrogens (tertiary/aromatic N) is 9. The summed E-state index contributed by atoms with van der Waals surface area (Å²) in [7, 11) is 1.73. The van der Waals surface area contributed by atoms with Gasteiger partial charge >= 0.3 is 11.4 Å². The Bertz CT molecular complexity index is 3430. The Kier molecular flexibility index (Phi) is 8.35. The molecule has 2 saturated heterocycles. The van der Waals surface area contributed by atoms with Gasteiger partial charge in [0, 0.05) is 61.0 Å². The fraction of sp³-hybridized carbons (Fsp3) is 0.408. The number of hydrogen-bond acceptors (Lipinski definition) is 9. The number of fused-ring (bicyclic) bond motifs is 6. The summed E-state index contributed by atoms with van der Waals surface area (Å²) in [4.78, 5) is 32.3. The number of benzene rings is 3. The quantitative estimate of drug-likeness (QED) is 0.161. The van der Waals surface area contributed by atoms with Gasteiger partial charge in [-0.05, 0) is 130 Å². The van der Waals surface area contributed by atoms with Crippen molar-refractivity contribution in [3.05, 3.63) is 139 Å². The number of ether oxygens (including phenoxy) is 1. The molecule has 2 N–H and O–H groups in total. The molecule has 5 aromatic heterocycles. The highest BCUT2D eigenvalue weighted by Crippen LogP contribution is 2.58. The molecule has 1 unspecified atom stereocenters. The van der Waals surface area contributed by atoms with Gasteiger partial charge in [0.25, 0.3) is 0 Å². The predicted molar refractivity (Wildman–Crippen MR) is 238 cm³/mol. The first-order valence-corrected chi connectivity index (χ1v) is 23.0. The van der Waals surface area contributed by atoms with E-state index in [1.807, 2.05) is 0 Å². The van der Waals surface area contributed by atoms with Crippen LogP contribution in [0.25, 0.3) is 39.0 Å². The summed E-state index contributed by atoms with van der Waals surface area (Å²) in [5.41, 5.74) is 5.14. The summed E-state index contributed by atoms with van der Waals surface area (Å²) in [5.74, 6) is -0.275.